The van der Waals surface area contributed by atoms with Gasteiger partial charge < -0.3 is 5.73 Å². The van der Waals surface area contributed by atoms with Crippen LogP contribution in [0.2, 0.25) is 0 Å². The monoisotopic (exact) mass is 243 g/mol. The van der Waals surface area contributed by atoms with Crippen LogP contribution in [0.3, 0.4) is 0 Å². The standard InChI is InChI=1S/C15H21N3/c1-15(2,3)8-12-9-17-18(10-12)11-13-6-4-5-7-14(13)16/h4-7,9-10H,8,11,16H2,1-3H3. The molecule has 96 valence electrons. The largest absolute Gasteiger partial charge is 0.398 e. The predicted octanol–water partition coefficient (Wildman–Crippen LogP) is 3.10. The van der Waals surface area contributed by atoms with E-state index in [0.717, 1.165) is 24.2 Å². The van der Waals surface area contributed by atoms with Crippen LogP contribution >= 0.6 is 0 Å². The molecule has 0 bridgehead atoms. The average molecular weight is 243 g/mol. The first-order valence-corrected chi connectivity index (χ1v) is 6.29. The van der Waals surface area contributed by atoms with Crippen LogP contribution in [0.5, 0.6) is 0 Å². The number of anilines is 1. The lowest BCUT2D eigenvalue weighted by atomic mass is 9.89. The van der Waals surface area contributed by atoms with E-state index in [2.05, 4.69) is 32.1 Å². The Hall–Kier alpha value is -1.77. The van der Waals surface area contributed by atoms with Crippen molar-refractivity contribution in [3.63, 3.8) is 0 Å². The van der Waals surface area contributed by atoms with E-state index in [4.69, 9.17) is 5.73 Å². The number of nitrogens with two attached hydrogens (primary N) is 1. The number of hydrogen-bond acceptors (Lipinski definition) is 2. The third-order valence-corrected chi connectivity index (χ3v) is 2.81. The second-order valence-corrected chi connectivity index (χ2v) is 5.98. The zero-order chi connectivity index (χ0) is 13.2. The van der Waals surface area contributed by atoms with Crippen molar-refractivity contribution in [3.8, 4) is 0 Å². The van der Waals surface area contributed by atoms with Crippen molar-refractivity contribution >= 4 is 5.69 Å². The van der Waals surface area contributed by atoms with Gasteiger partial charge in [0.25, 0.3) is 0 Å². The average Bonchev–Trinajstić information content (AvgIpc) is 2.66. The summed E-state index contributed by atoms with van der Waals surface area (Å²) in [5, 5.41) is 4.40. The Balaban J connectivity index is 2.10. The van der Waals surface area contributed by atoms with E-state index in [1.54, 1.807) is 0 Å². The molecule has 0 saturated heterocycles. The highest BCUT2D eigenvalue weighted by atomic mass is 15.3. The van der Waals surface area contributed by atoms with Crippen molar-refractivity contribution in [2.45, 2.75) is 33.7 Å². The van der Waals surface area contributed by atoms with Crippen LogP contribution in [0.25, 0.3) is 0 Å². The Bertz CT molecular complexity index is 521. The molecule has 1 aromatic heterocycles. The van der Waals surface area contributed by atoms with Crippen LogP contribution in [0.4, 0.5) is 5.69 Å². The van der Waals surface area contributed by atoms with Crippen molar-refractivity contribution < 1.29 is 0 Å². The maximum absolute atomic E-state index is 5.94. The fraction of sp³-hybridized carbons (Fsp3) is 0.400. The summed E-state index contributed by atoms with van der Waals surface area (Å²) < 4.78 is 1.95. The summed E-state index contributed by atoms with van der Waals surface area (Å²) in [7, 11) is 0. The summed E-state index contributed by atoms with van der Waals surface area (Å²) in [5.74, 6) is 0. The van der Waals surface area contributed by atoms with Gasteiger partial charge in [0.2, 0.25) is 0 Å². The number of para-hydroxylation sites is 1. The summed E-state index contributed by atoms with van der Waals surface area (Å²) in [6, 6.07) is 7.92. The van der Waals surface area contributed by atoms with Gasteiger partial charge in [-0.1, -0.05) is 39.0 Å². The highest BCUT2D eigenvalue weighted by Crippen LogP contribution is 2.20. The molecule has 0 spiro atoms. The van der Waals surface area contributed by atoms with E-state index < -0.39 is 0 Å². The smallest absolute Gasteiger partial charge is 0.0679 e. The van der Waals surface area contributed by atoms with Gasteiger partial charge in [0, 0.05) is 11.9 Å². The summed E-state index contributed by atoms with van der Waals surface area (Å²) in [6.07, 6.45) is 5.10. The lowest BCUT2D eigenvalue weighted by Gasteiger charge is -2.16. The number of nitrogen functional groups attached to an aromatic ring is 1. The number of benzene rings is 1. The maximum atomic E-state index is 5.94. The molecule has 0 saturated carbocycles. The van der Waals surface area contributed by atoms with Gasteiger partial charge in [-0.25, -0.2) is 0 Å². The molecule has 2 N–H and O–H groups in total. The summed E-state index contributed by atoms with van der Waals surface area (Å²) in [4.78, 5) is 0. The van der Waals surface area contributed by atoms with Crippen LogP contribution in [-0.2, 0) is 13.0 Å². The van der Waals surface area contributed by atoms with Gasteiger partial charge in [-0.15, -0.1) is 0 Å². The zero-order valence-corrected chi connectivity index (χ0v) is 11.4. The normalized spacial score (nSPS) is 11.7. The second kappa shape index (κ2) is 4.84. The Morgan fingerprint density at radius 2 is 1.94 bits per heavy atom. The first kappa shape index (κ1) is 12.7. The number of rotatable bonds is 3. The molecule has 18 heavy (non-hydrogen) atoms. The number of aromatic nitrogens is 2. The molecule has 0 aliphatic rings. The summed E-state index contributed by atoms with van der Waals surface area (Å²) in [6.45, 7) is 7.44. The summed E-state index contributed by atoms with van der Waals surface area (Å²) >= 11 is 0. The molecule has 0 atom stereocenters. The van der Waals surface area contributed by atoms with Crippen molar-refractivity contribution in [1.82, 2.24) is 9.78 Å². The molecule has 1 heterocycles. The van der Waals surface area contributed by atoms with Gasteiger partial charge in [0.15, 0.2) is 0 Å². The van der Waals surface area contributed by atoms with E-state index in [1.165, 1.54) is 5.56 Å². The molecule has 1 aromatic carbocycles. The fourth-order valence-electron chi connectivity index (χ4n) is 2.05. The van der Waals surface area contributed by atoms with Gasteiger partial charge in [-0.3, -0.25) is 4.68 Å². The Kier molecular flexibility index (Phi) is 3.41. The molecule has 0 amide bonds. The van der Waals surface area contributed by atoms with Crippen LogP contribution in [0.1, 0.15) is 31.9 Å². The molecular weight excluding hydrogens is 222 g/mol. The molecule has 3 heteroatoms. The maximum Gasteiger partial charge on any atom is 0.0679 e. The van der Waals surface area contributed by atoms with Gasteiger partial charge in [0.1, 0.15) is 0 Å². The van der Waals surface area contributed by atoms with Gasteiger partial charge in [-0.2, -0.15) is 5.10 Å². The minimum Gasteiger partial charge on any atom is -0.398 e. The van der Waals surface area contributed by atoms with Crippen LogP contribution < -0.4 is 5.73 Å². The summed E-state index contributed by atoms with van der Waals surface area (Å²) in [5.41, 5.74) is 9.44. The lowest BCUT2D eigenvalue weighted by Crippen LogP contribution is -2.08. The van der Waals surface area contributed by atoms with Crippen molar-refractivity contribution in [2.24, 2.45) is 5.41 Å². The Morgan fingerprint density at radius 3 is 2.61 bits per heavy atom. The molecule has 3 nitrogen and oxygen atoms in total. The van der Waals surface area contributed by atoms with E-state index in [1.807, 2.05) is 35.1 Å². The zero-order valence-electron chi connectivity index (χ0n) is 11.4. The van der Waals surface area contributed by atoms with Crippen LogP contribution in [0.15, 0.2) is 36.7 Å². The van der Waals surface area contributed by atoms with Gasteiger partial charge in [-0.05, 0) is 29.0 Å². The highest BCUT2D eigenvalue weighted by Gasteiger charge is 2.12. The SMILES string of the molecule is CC(C)(C)Cc1cnn(Cc2ccccc2N)c1. The highest BCUT2D eigenvalue weighted by molar-refractivity contribution is 5.46. The van der Waals surface area contributed by atoms with Gasteiger partial charge >= 0.3 is 0 Å². The minimum absolute atomic E-state index is 0.291. The fourth-order valence-corrected chi connectivity index (χ4v) is 2.05. The molecule has 0 aliphatic carbocycles. The molecule has 0 aliphatic heterocycles. The molecular formula is C15H21N3. The third-order valence-electron chi connectivity index (χ3n) is 2.81. The first-order valence-electron chi connectivity index (χ1n) is 6.29. The third kappa shape index (κ3) is 3.36. The van der Waals surface area contributed by atoms with E-state index in [0.29, 0.717) is 5.41 Å². The second-order valence-electron chi connectivity index (χ2n) is 5.98. The molecule has 2 aromatic rings. The van der Waals surface area contributed by atoms with Crippen LogP contribution in [-0.4, -0.2) is 9.78 Å². The topological polar surface area (TPSA) is 43.8 Å². The first-order chi connectivity index (χ1) is 8.44. The minimum atomic E-state index is 0.291. The predicted molar refractivity (Wildman–Crippen MR) is 75.3 cm³/mol. The van der Waals surface area contributed by atoms with Crippen LogP contribution in [0, 0.1) is 5.41 Å². The molecule has 2 rings (SSSR count). The van der Waals surface area contributed by atoms with E-state index >= 15 is 0 Å². The Morgan fingerprint density at radius 1 is 1.22 bits per heavy atom. The number of nitrogens with zero attached hydrogens (tertiary/aromatic N) is 2. The molecule has 0 fully saturated rings. The van der Waals surface area contributed by atoms with Crippen molar-refractivity contribution in [1.29, 1.82) is 0 Å². The lowest BCUT2D eigenvalue weighted by molar-refractivity contribution is 0.411. The van der Waals surface area contributed by atoms with Crippen molar-refractivity contribution in [2.75, 3.05) is 5.73 Å². The number of hydrogen-bond donors (Lipinski definition) is 1. The van der Waals surface area contributed by atoms with Gasteiger partial charge in [0.05, 0.1) is 12.7 Å². The Labute approximate surface area is 109 Å². The van der Waals surface area contributed by atoms with E-state index in [9.17, 15) is 0 Å². The van der Waals surface area contributed by atoms with Crippen molar-refractivity contribution in [3.05, 3.63) is 47.8 Å². The quantitative estimate of drug-likeness (QED) is 0.842. The molecule has 0 radical (unpaired) electrons. The van der Waals surface area contributed by atoms with E-state index in [-0.39, 0.29) is 0 Å². The molecule has 0 unspecified atom stereocenters.